The average molecular weight is 122 g/mol. The standard InChI is InChI=1S/C8H10O/c1-3-5-6-8(4-2)7-9/h4,7H,6H2,1-2H3. The Hall–Kier alpha value is -1.03. The van der Waals surface area contributed by atoms with E-state index in [1.54, 1.807) is 13.0 Å². The summed E-state index contributed by atoms with van der Waals surface area (Å²) in [4.78, 5) is 10.1. The van der Waals surface area contributed by atoms with Gasteiger partial charge in [0.25, 0.3) is 0 Å². The van der Waals surface area contributed by atoms with Gasteiger partial charge in [-0.05, 0) is 19.4 Å². The molecule has 0 spiro atoms. The van der Waals surface area contributed by atoms with Crippen molar-refractivity contribution in [2.75, 3.05) is 0 Å². The minimum absolute atomic E-state index is 0.580. The molecule has 9 heavy (non-hydrogen) atoms. The first-order valence-electron chi connectivity index (χ1n) is 2.85. The Balaban J connectivity index is 3.81. The van der Waals surface area contributed by atoms with Crippen molar-refractivity contribution in [2.24, 2.45) is 0 Å². The molecule has 0 fully saturated rings. The molecule has 0 radical (unpaired) electrons. The summed E-state index contributed by atoms with van der Waals surface area (Å²) in [5.41, 5.74) is 0.754. The lowest BCUT2D eigenvalue weighted by atomic mass is 10.2. The summed E-state index contributed by atoms with van der Waals surface area (Å²) >= 11 is 0. The molecule has 0 saturated heterocycles. The third kappa shape index (κ3) is 3.54. The van der Waals surface area contributed by atoms with E-state index in [0.29, 0.717) is 6.42 Å². The summed E-state index contributed by atoms with van der Waals surface area (Å²) in [7, 11) is 0. The molecule has 48 valence electrons. The summed E-state index contributed by atoms with van der Waals surface area (Å²) in [6, 6.07) is 0. The summed E-state index contributed by atoms with van der Waals surface area (Å²) in [5, 5.41) is 0. The molecule has 0 N–H and O–H groups in total. The smallest absolute Gasteiger partial charge is 0.146 e. The van der Waals surface area contributed by atoms with Crippen LogP contribution in [0.3, 0.4) is 0 Å². The lowest BCUT2D eigenvalue weighted by molar-refractivity contribution is -0.104. The van der Waals surface area contributed by atoms with Crippen molar-refractivity contribution >= 4 is 6.29 Å². The maximum Gasteiger partial charge on any atom is 0.146 e. The fourth-order valence-electron chi connectivity index (χ4n) is 0.402. The molecule has 0 aromatic heterocycles. The number of allylic oxidation sites excluding steroid dienone is 2. The first-order valence-corrected chi connectivity index (χ1v) is 2.85. The highest BCUT2D eigenvalue weighted by Gasteiger charge is 1.85. The van der Waals surface area contributed by atoms with Gasteiger partial charge in [0.05, 0.1) is 0 Å². The van der Waals surface area contributed by atoms with E-state index in [2.05, 4.69) is 11.8 Å². The number of aldehydes is 1. The van der Waals surface area contributed by atoms with Crippen molar-refractivity contribution < 1.29 is 4.79 Å². The Kier molecular flexibility index (Phi) is 4.53. The molecular formula is C8H10O. The summed E-state index contributed by atoms with van der Waals surface area (Å²) in [6.45, 7) is 3.60. The highest BCUT2D eigenvalue weighted by atomic mass is 16.1. The van der Waals surface area contributed by atoms with Crippen molar-refractivity contribution in [3.8, 4) is 11.8 Å². The highest BCUT2D eigenvalue weighted by molar-refractivity contribution is 5.73. The molecule has 0 rings (SSSR count). The third-order valence-electron chi connectivity index (χ3n) is 0.991. The van der Waals surface area contributed by atoms with Crippen molar-refractivity contribution in [3.05, 3.63) is 11.6 Å². The molecule has 0 saturated carbocycles. The molecule has 0 aliphatic heterocycles. The number of hydrogen-bond acceptors (Lipinski definition) is 1. The van der Waals surface area contributed by atoms with Gasteiger partial charge < -0.3 is 0 Å². The predicted molar refractivity (Wildman–Crippen MR) is 37.9 cm³/mol. The van der Waals surface area contributed by atoms with Crippen LogP contribution in [0.4, 0.5) is 0 Å². The van der Waals surface area contributed by atoms with Gasteiger partial charge in [0.15, 0.2) is 0 Å². The number of carbonyl (C=O) groups excluding carboxylic acids is 1. The Morgan fingerprint density at radius 3 is 2.67 bits per heavy atom. The molecule has 0 aliphatic rings. The summed E-state index contributed by atoms with van der Waals surface area (Å²) in [5.74, 6) is 5.52. The first kappa shape index (κ1) is 7.97. The van der Waals surface area contributed by atoms with E-state index >= 15 is 0 Å². The fourth-order valence-corrected chi connectivity index (χ4v) is 0.402. The molecule has 0 unspecified atom stereocenters. The van der Waals surface area contributed by atoms with E-state index in [9.17, 15) is 4.79 Å². The zero-order chi connectivity index (χ0) is 7.11. The van der Waals surface area contributed by atoms with Crippen molar-refractivity contribution in [1.29, 1.82) is 0 Å². The van der Waals surface area contributed by atoms with Crippen LogP contribution >= 0.6 is 0 Å². The predicted octanol–water partition coefficient (Wildman–Crippen LogP) is 1.54. The van der Waals surface area contributed by atoms with Crippen molar-refractivity contribution in [3.63, 3.8) is 0 Å². The second-order valence-corrected chi connectivity index (χ2v) is 1.58. The van der Waals surface area contributed by atoms with Crippen molar-refractivity contribution in [2.45, 2.75) is 20.3 Å². The van der Waals surface area contributed by atoms with Gasteiger partial charge in [-0.1, -0.05) is 12.0 Å². The molecule has 0 aromatic rings. The lowest BCUT2D eigenvalue weighted by Gasteiger charge is -1.84. The molecule has 0 bridgehead atoms. The van der Waals surface area contributed by atoms with E-state index in [1.807, 2.05) is 6.92 Å². The van der Waals surface area contributed by atoms with Crippen LogP contribution in [-0.2, 0) is 4.79 Å². The van der Waals surface area contributed by atoms with Crippen LogP contribution in [0.2, 0.25) is 0 Å². The monoisotopic (exact) mass is 122 g/mol. The minimum Gasteiger partial charge on any atom is -0.298 e. The number of hydrogen-bond donors (Lipinski definition) is 0. The molecule has 1 nitrogen and oxygen atoms in total. The minimum atomic E-state index is 0.580. The van der Waals surface area contributed by atoms with Gasteiger partial charge in [-0.15, -0.1) is 5.92 Å². The maximum atomic E-state index is 10.1. The van der Waals surface area contributed by atoms with Crippen LogP contribution in [0, 0.1) is 11.8 Å². The third-order valence-corrected chi connectivity index (χ3v) is 0.991. The molecule has 0 aliphatic carbocycles. The summed E-state index contributed by atoms with van der Waals surface area (Å²) < 4.78 is 0. The van der Waals surface area contributed by atoms with Gasteiger partial charge in [-0.3, -0.25) is 4.79 Å². The molecule has 0 atom stereocenters. The topological polar surface area (TPSA) is 17.1 Å². The second kappa shape index (κ2) is 5.11. The first-order chi connectivity index (χ1) is 4.35. The van der Waals surface area contributed by atoms with Crippen LogP contribution in [0.5, 0.6) is 0 Å². The van der Waals surface area contributed by atoms with E-state index in [1.165, 1.54) is 0 Å². The Morgan fingerprint density at radius 1 is 1.67 bits per heavy atom. The van der Waals surface area contributed by atoms with Gasteiger partial charge in [-0.2, -0.15) is 0 Å². The molecule has 0 amide bonds. The Bertz CT molecular complexity index is 167. The van der Waals surface area contributed by atoms with Crippen LogP contribution in [0.25, 0.3) is 0 Å². The van der Waals surface area contributed by atoms with Crippen LogP contribution in [0.1, 0.15) is 20.3 Å². The molecule has 0 aromatic carbocycles. The van der Waals surface area contributed by atoms with Gasteiger partial charge in [0.1, 0.15) is 6.29 Å². The van der Waals surface area contributed by atoms with E-state index in [4.69, 9.17) is 0 Å². The van der Waals surface area contributed by atoms with Crippen LogP contribution in [-0.4, -0.2) is 6.29 Å². The van der Waals surface area contributed by atoms with E-state index < -0.39 is 0 Å². The molecule has 0 heterocycles. The zero-order valence-corrected chi connectivity index (χ0v) is 5.77. The largest absolute Gasteiger partial charge is 0.298 e. The zero-order valence-electron chi connectivity index (χ0n) is 5.77. The van der Waals surface area contributed by atoms with E-state index in [0.717, 1.165) is 11.9 Å². The maximum absolute atomic E-state index is 10.1. The van der Waals surface area contributed by atoms with Gasteiger partial charge >= 0.3 is 0 Å². The Labute approximate surface area is 55.8 Å². The SMILES string of the molecule is CC#CCC(C=O)=CC. The van der Waals surface area contributed by atoms with Gasteiger partial charge in [0, 0.05) is 6.42 Å². The lowest BCUT2D eigenvalue weighted by Crippen LogP contribution is -1.79. The van der Waals surface area contributed by atoms with Gasteiger partial charge in [0.2, 0.25) is 0 Å². The fraction of sp³-hybridized carbons (Fsp3) is 0.375. The highest BCUT2D eigenvalue weighted by Crippen LogP contribution is 1.93. The quantitative estimate of drug-likeness (QED) is 0.308. The summed E-state index contributed by atoms with van der Waals surface area (Å²) in [6.07, 6.45) is 3.19. The van der Waals surface area contributed by atoms with E-state index in [-0.39, 0.29) is 0 Å². The molecular weight excluding hydrogens is 112 g/mol. The van der Waals surface area contributed by atoms with Crippen LogP contribution < -0.4 is 0 Å². The number of rotatable bonds is 2. The molecule has 1 heteroatoms. The normalized spacial score (nSPS) is 9.78. The average Bonchev–Trinajstić information content (AvgIpc) is 1.91. The van der Waals surface area contributed by atoms with Crippen LogP contribution in [0.15, 0.2) is 11.6 Å². The number of carbonyl (C=O) groups is 1. The van der Waals surface area contributed by atoms with Crippen molar-refractivity contribution in [1.82, 2.24) is 0 Å². The van der Waals surface area contributed by atoms with Gasteiger partial charge in [-0.25, -0.2) is 0 Å². The Morgan fingerprint density at radius 2 is 2.33 bits per heavy atom. The second-order valence-electron chi connectivity index (χ2n) is 1.58.